The Kier molecular flexibility index (Phi) is 5.71. The largest absolute Gasteiger partial charge is 0.305 e. The third-order valence-electron chi connectivity index (χ3n) is 5.68. The van der Waals surface area contributed by atoms with Crippen LogP contribution in [0.5, 0.6) is 0 Å². The Hall–Kier alpha value is -4.57. The van der Waals surface area contributed by atoms with Gasteiger partial charge in [-0.25, -0.2) is 4.98 Å². The Morgan fingerprint density at radius 1 is 0.706 bits per heavy atom. The Morgan fingerprint density at radius 3 is 2.00 bits per heavy atom. The van der Waals surface area contributed by atoms with Crippen molar-refractivity contribution in [2.24, 2.45) is 0 Å². The molecule has 4 nitrogen and oxygen atoms in total. The third-order valence-corrected chi connectivity index (χ3v) is 5.68. The van der Waals surface area contributed by atoms with Crippen molar-refractivity contribution in [2.75, 3.05) is 0 Å². The van der Waals surface area contributed by atoms with E-state index in [1.807, 2.05) is 54.7 Å². The highest BCUT2D eigenvalue weighted by atomic mass is 16.1. The molecule has 0 saturated heterocycles. The SMILES string of the molecule is CC(=O)C=CC(=O)c1ccc(-c2cc(-c3ccccc3)c3nc(-c4ccccc4)cn3c2)cc1. The Bertz CT molecular complexity index is 1510. The van der Waals surface area contributed by atoms with Gasteiger partial charge in [-0.15, -0.1) is 0 Å². The predicted molar refractivity (Wildman–Crippen MR) is 136 cm³/mol. The van der Waals surface area contributed by atoms with Gasteiger partial charge in [0.15, 0.2) is 11.6 Å². The van der Waals surface area contributed by atoms with E-state index in [2.05, 4.69) is 40.9 Å². The van der Waals surface area contributed by atoms with Crippen LogP contribution in [0, 0.1) is 0 Å². The van der Waals surface area contributed by atoms with Crippen molar-refractivity contribution in [1.82, 2.24) is 9.38 Å². The van der Waals surface area contributed by atoms with Crippen LogP contribution in [0.1, 0.15) is 17.3 Å². The first-order valence-corrected chi connectivity index (χ1v) is 11.1. The second kappa shape index (κ2) is 9.12. The van der Waals surface area contributed by atoms with E-state index in [0.717, 1.165) is 39.2 Å². The fourth-order valence-corrected chi connectivity index (χ4v) is 3.95. The van der Waals surface area contributed by atoms with E-state index in [1.54, 1.807) is 12.1 Å². The zero-order chi connectivity index (χ0) is 23.5. The number of hydrogen-bond acceptors (Lipinski definition) is 3. The first-order chi connectivity index (χ1) is 16.6. The lowest BCUT2D eigenvalue weighted by Gasteiger charge is -2.09. The smallest absolute Gasteiger partial charge is 0.185 e. The van der Waals surface area contributed by atoms with E-state index in [0.29, 0.717) is 5.56 Å². The maximum absolute atomic E-state index is 12.3. The molecule has 3 aromatic carbocycles. The number of hydrogen-bond donors (Lipinski definition) is 0. The summed E-state index contributed by atoms with van der Waals surface area (Å²) in [5.74, 6) is -0.341. The summed E-state index contributed by atoms with van der Waals surface area (Å²) in [4.78, 5) is 28.4. The highest BCUT2D eigenvalue weighted by Gasteiger charge is 2.13. The molecule has 0 N–H and O–H groups in total. The highest BCUT2D eigenvalue weighted by Crippen LogP contribution is 2.32. The summed E-state index contributed by atoms with van der Waals surface area (Å²) in [6.45, 7) is 1.42. The van der Waals surface area contributed by atoms with E-state index in [1.165, 1.54) is 19.1 Å². The first kappa shape index (κ1) is 21.3. The molecule has 0 aliphatic carbocycles. The van der Waals surface area contributed by atoms with E-state index in [4.69, 9.17) is 4.98 Å². The summed E-state index contributed by atoms with van der Waals surface area (Å²) in [6, 6.07) is 29.9. The molecule has 0 radical (unpaired) electrons. The number of rotatable bonds is 6. The van der Waals surface area contributed by atoms with E-state index in [9.17, 15) is 9.59 Å². The van der Waals surface area contributed by atoms with Gasteiger partial charge >= 0.3 is 0 Å². The van der Waals surface area contributed by atoms with E-state index >= 15 is 0 Å². The topological polar surface area (TPSA) is 51.4 Å². The number of allylic oxidation sites excluding steroid dienone is 2. The highest BCUT2D eigenvalue weighted by molar-refractivity contribution is 6.07. The molecule has 2 aromatic heterocycles. The average Bonchev–Trinajstić information content (AvgIpc) is 3.32. The molecule has 0 spiro atoms. The van der Waals surface area contributed by atoms with Crippen molar-refractivity contribution in [3.8, 4) is 33.5 Å². The Labute approximate surface area is 197 Å². The molecular formula is C30H22N2O2. The van der Waals surface area contributed by atoms with Gasteiger partial charge in [-0.05, 0) is 41.8 Å². The van der Waals surface area contributed by atoms with Gasteiger partial charge in [0, 0.05) is 29.1 Å². The summed E-state index contributed by atoms with van der Waals surface area (Å²) in [6.07, 6.45) is 6.71. The summed E-state index contributed by atoms with van der Waals surface area (Å²) in [5, 5.41) is 0. The fourth-order valence-electron chi connectivity index (χ4n) is 3.95. The van der Waals surface area contributed by atoms with Crippen LogP contribution < -0.4 is 0 Å². The molecule has 0 unspecified atom stereocenters. The monoisotopic (exact) mass is 442 g/mol. The van der Waals surface area contributed by atoms with Crippen molar-refractivity contribution in [2.45, 2.75) is 6.92 Å². The van der Waals surface area contributed by atoms with Gasteiger partial charge in [-0.3, -0.25) is 9.59 Å². The van der Waals surface area contributed by atoms with Crippen molar-refractivity contribution in [3.63, 3.8) is 0 Å². The minimum absolute atomic E-state index is 0.151. The predicted octanol–water partition coefficient (Wildman–Crippen LogP) is 6.66. The van der Waals surface area contributed by atoms with Crippen LogP contribution in [0.4, 0.5) is 0 Å². The van der Waals surface area contributed by atoms with Gasteiger partial charge in [0.2, 0.25) is 0 Å². The van der Waals surface area contributed by atoms with Crippen LogP contribution in [0.2, 0.25) is 0 Å². The molecule has 0 saturated carbocycles. The average molecular weight is 443 g/mol. The van der Waals surface area contributed by atoms with Gasteiger partial charge in [-0.1, -0.05) is 84.9 Å². The minimum Gasteiger partial charge on any atom is -0.305 e. The van der Waals surface area contributed by atoms with Crippen molar-refractivity contribution in [3.05, 3.63) is 121 Å². The van der Waals surface area contributed by atoms with Crippen molar-refractivity contribution < 1.29 is 9.59 Å². The minimum atomic E-state index is -0.190. The zero-order valence-electron chi connectivity index (χ0n) is 18.7. The molecule has 0 aliphatic heterocycles. The number of pyridine rings is 1. The summed E-state index contributed by atoms with van der Waals surface area (Å²) >= 11 is 0. The summed E-state index contributed by atoms with van der Waals surface area (Å²) < 4.78 is 2.06. The number of nitrogens with zero attached hydrogens (tertiary/aromatic N) is 2. The molecule has 34 heavy (non-hydrogen) atoms. The van der Waals surface area contributed by atoms with Gasteiger partial charge in [0.25, 0.3) is 0 Å². The molecule has 0 fully saturated rings. The lowest BCUT2D eigenvalue weighted by atomic mass is 9.99. The Morgan fingerprint density at radius 2 is 1.35 bits per heavy atom. The van der Waals surface area contributed by atoms with Crippen molar-refractivity contribution in [1.29, 1.82) is 0 Å². The van der Waals surface area contributed by atoms with Gasteiger partial charge in [0.1, 0.15) is 5.65 Å². The van der Waals surface area contributed by atoms with Crippen LogP contribution in [-0.2, 0) is 4.79 Å². The number of fused-ring (bicyclic) bond motifs is 1. The summed E-state index contributed by atoms with van der Waals surface area (Å²) in [5.41, 5.74) is 7.52. The first-order valence-electron chi connectivity index (χ1n) is 11.1. The lowest BCUT2D eigenvalue weighted by Crippen LogP contribution is -1.96. The van der Waals surface area contributed by atoms with Crippen LogP contribution in [0.25, 0.3) is 39.2 Å². The van der Waals surface area contributed by atoms with Gasteiger partial charge < -0.3 is 4.40 Å². The maximum atomic E-state index is 12.3. The van der Waals surface area contributed by atoms with Crippen LogP contribution in [0.15, 0.2) is 116 Å². The second-order valence-electron chi connectivity index (χ2n) is 8.12. The molecule has 4 heteroatoms. The van der Waals surface area contributed by atoms with E-state index in [-0.39, 0.29) is 11.6 Å². The quantitative estimate of drug-likeness (QED) is 0.218. The van der Waals surface area contributed by atoms with Gasteiger partial charge in [-0.2, -0.15) is 0 Å². The molecular weight excluding hydrogens is 420 g/mol. The number of benzene rings is 3. The number of aromatic nitrogens is 2. The molecule has 0 atom stereocenters. The molecule has 5 aromatic rings. The molecule has 5 rings (SSSR count). The molecule has 164 valence electrons. The number of carbonyl (C=O) groups is 2. The molecule has 0 amide bonds. The number of imidazole rings is 1. The standard InChI is InChI=1S/C30H22N2O2/c1-21(33)12-17-29(34)25-15-13-22(14-16-25)26-18-27(23-8-4-2-5-9-23)30-31-28(20-32(30)19-26)24-10-6-3-7-11-24/h2-20H,1H3. The van der Waals surface area contributed by atoms with E-state index < -0.39 is 0 Å². The van der Waals surface area contributed by atoms with Crippen LogP contribution >= 0.6 is 0 Å². The number of ketones is 2. The van der Waals surface area contributed by atoms with Gasteiger partial charge in [0.05, 0.1) is 5.69 Å². The third kappa shape index (κ3) is 4.34. The van der Waals surface area contributed by atoms with Crippen LogP contribution in [0.3, 0.4) is 0 Å². The number of carbonyl (C=O) groups excluding carboxylic acids is 2. The van der Waals surface area contributed by atoms with Crippen LogP contribution in [-0.4, -0.2) is 21.0 Å². The second-order valence-corrected chi connectivity index (χ2v) is 8.12. The Balaban J connectivity index is 1.60. The normalized spacial score (nSPS) is 11.2. The molecule has 2 heterocycles. The molecule has 0 bridgehead atoms. The fraction of sp³-hybridized carbons (Fsp3) is 0.0333. The lowest BCUT2D eigenvalue weighted by molar-refractivity contribution is -0.112. The molecule has 0 aliphatic rings. The maximum Gasteiger partial charge on any atom is 0.185 e. The zero-order valence-corrected chi connectivity index (χ0v) is 18.7. The van der Waals surface area contributed by atoms with Crippen molar-refractivity contribution >= 4 is 17.2 Å². The summed E-state index contributed by atoms with van der Waals surface area (Å²) in [7, 11) is 0.